The number of alkyl halides is 3. The van der Waals surface area contributed by atoms with Crippen molar-refractivity contribution in [3.8, 4) is 28.6 Å². The maximum atomic E-state index is 15.0. The molecule has 0 amide bonds. The van der Waals surface area contributed by atoms with Gasteiger partial charge in [0.05, 0.1) is 9.40 Å². The normalized spacial score (nSPS) is 16.7. The molecular weight excluding hydrogens is 622 g/mol. The SMILES string of the molecule is CN(C)c1ccc(-c2cc3sc4cc(/C=C/C5=C(C#N)C(=C(C#N)C#N)OC5(c5ccccc5)C(F)(F)F)sc4c3s2)cc1. The van der Waals surface area contributed by atoms with E-state index in [1.807, 2.05) is 25.1 Å². The van der Waals surface area contributed by atoms with Crippen LogP contribution in [0.25, 0.3) is 35.3 Å². The summed E-state index contributed by atoms with van der Waals surface area (Å²) in [7, 11) is 3.98. The van der Waals surface area contributed by atoms with E-state index >= 15 is 13.2 Å². The molecule has 0 saturated carbocycles. The van der Waals surface area contributed by atoms with Crippen molar-refractivity contribution in [1.29, 1.82) is 15.8 Å². The number of halogens is 3. The summed E-state index contributed by atoms with van der Waals surface area (Å²) in [6.45, 7) is 0. The molecule has 0 radical (unpaired) electrons. The van der Waals surface area contributed by atoms with Gasteiger partial charge in [0.15, 0.2) is 11.3 Å². The number of thiophene rings is 3. The third-order valence-electron chi connectivity index (χ3n) is 7.20. The van der Waals surface area contributed by atoms with Gasteiger partial charge >= 0.3 is 6.18 Å². The van der Waals surface area contributed by atoms with Crippen molar-refractivity contribution in [2.24, 2.45) is 0 Å². The highest BCUT2D eigenvalue weighted by Gasteiger charge is 2.65. The van der Waals surface area contributed by atoms with Gasteiger partial charge in [-0.25, -0.2) is 0 Å². The Morgan fingerprint density at radius 3 is 2.14 bits per heavy atom. The van der Waals surface area contributed by atoms with Gasteiger partial charge in [0, 0.05) is 50.1 Å². The van der Waals surface area contributed by atoms with Gasteiger partial charge < -0.3 is 9.64 Å². The molecule has 11 heteroatoms. The van der Waals surface area contributed by atoms with Gasteiger partial charge in [-0.1, -0.05) is 48.5 Å². The van der Waals surface area contributed by atoms with E-state index in [9.17, 15) is 15.8 Å². The number of fused-ring (bicyclic) bond motifs is 3. The average molecular weight is 641 g/mol. The zero-order chi connectivity index (χ0) is 31.2. The second kappa shape index (κ2) is 11.0. The van der Waals surface area contributed by atoms with Crippen molar-refractivity contribution in [2.75, 3.05) is 19.0 Å². The van der Waals surface area contributed by atoms with E-state index in [1.165, 1.54) is 47.8 Å². The first kappa shape index (κ1) is 29.2. The minimum Gasteiger partial charge on any atom is -0.465 e. The molecule has 1 aliphatic rings. The van der Waals surface area contributed by atoms with Gasteiger partial charge in [0.1, 0.15) is 23.8 Å². The molecule has 0 aliphatic carbocycles. The lowest BCUT2D eigenvalue weighted by molar-refractivity contribution is -0.249. The number of rotatable bonds is 5. The number of nitriles is 3. The largest absolute Gasteiger partial charge is 0.465 e. The van der Waals surface area contributed by atoms with E-state index in [0.29, 0.717) is 4.88 Å². The monoisotopic (exact) mass is 640 g/mol. The minimum absolute atomic E-state index is 0.274. The van der Waals surface area contributed by atoms with Crippen LogP contribution in [-0.4, -0.2) is 20.3 Å². The van der Waals surface area contributed by atoms with E-state index in [-0.39, 0.29) is 5.56 Å². The molecule has 1 unspecified atom stereocenters. The molecule has 0 fully saturated rings. The highest BCUT2D eigenvalue weighted by Crippen LogP contribution is 2.56. The standard InChI is InChI=1S/C33H19F3N4OS3/c1-40(2)22-10-8-19(9-11-22)26-15-28-31(44-26)30-27(43-28)14-23(42-30)12-13-25-24(18-39)29(20(16-37)17-38)41-32(25,33(34,35)36)21-6-4-3-5-7-21/h3-15H,1-2H3/b13-12+. The van der Waals surface area contributed by atoms with Crippen molar-refractivity contribution in [1.82, 2.24) is 0 Å². The first-order valence-electron chi connectivity index (χ1n) is 13.0. The molecule has 0 bridgehead atoms. The lowest BCUT2D eigenvalue weighted by atomic mass is 9.84. The summed E-state index contributed by atoms with van der Waals surface area (Å²) in [6.07, 6.45) is -2.29. The molecule has 5 aromatic rings. The van der Waals surface area contributed by atoms with Crippen LogP contribution in [-0.2, 0) is 10.3 Å². The van der Waals surface area contributed by atoms with Crippen molar-refractivity contribution in [3.63, 3.8) is 0 Å². The Balaban J connectivity index is 1.46. The molecule has 1 aliphatic heterocycles. The number of allylic oxidation sites excluding steroid dienone is 2. The maximum absolute atomic E-state index is 15.0. The second-order valence-corrected chi connectivity index (χ2v) is 13.2. The predicted molar refractivity (Wildman–Crippen MR) is 170 cm³/mol. The number of ether oxygens (including phenoxy) is 1. The van der Waals surface area contributed by atoms with E-state index in [0.717, 1.165) is 34.9 Å². The molecule has 0 spiro atoms. The molecule has 5 nitrogen and oxygen atoms in total. The molecule has 4 heterocycles. The highest BCUT2D eigenvalue weighted by molar-refractivity contribution is 7.39. The van der Waals surface area contributed by atoms with Crippen molar-refractivity contribution in [3.05, 3.63) is 106 Å². The van der Waals surface area contributed by atoms with Crippen molar-refractivity contribution < 1.29 is 17.9 Å². The third kappa shape index (κ3) is 4.65. The fourth-order valence-corrected chi connectivity index (χ4v) is 9.04. The fourth-order valence-electron chi connectivity index (χ4n) is 5.10. The number of benzene rings is 2. The van der Waals surface area contributed by atoms with Crippen LogP contribution in [0.2, 0.25) is 0 Å². The summed E-state index contributed by atoms with van der Waals surface area (Å²) in [5, 5.41) is 28.9. The zero-order valence-corrected chi connectivity index (χ0v) is 25.5. The molecule has 2 aromatic carbocycles. The smallest absolute Gasteiger partial charge is 0.437 e. The van der Waals surface area contributed by atoms with Gasteiger partial charge in [-0.15, -0.1) is 34.0 Å². The molecule has 44 heavy (non-hydrogen) atoms. The Morgan fingerprint density at radius 1 is 0.864 bits per heavy atom. The lowest BCUT2D eigenvalue weighted by Gasteiger charge is -2.33. The third-order valence-corrected chi connectivity index (χ3v) is 11.0. The fraction of sp³-hybridized carbons (Fsp3) is 0.121. The van der Waals surface area contributed by atoms with Crippen LogP contribution in [0.3, 0.4) is 0 Å². The minimum atomic E-state index is -5.03. The first-order chi connectivity index (χ1) is 21.1. The molecule has 0 N–H and O–H groups in total. The topological polar surface area (TPSA) is 83.8 Å². The van der Waals surface area contributed by atoms with E-state index in [4.69, 9.17) is 4.74 Å². The molecule has 1 atom stereocenters. The Morgan fingerprint density at radius 2 is 1.52 bits per heavy atom. The van der Waals surface area contributed by atoms with E-state index in [2.05, 4.69) is 30.3 Å². The molecule has 0 saturated heterocycles. The van der Waals surface area contributed by atoms with Gasteiger partial charge in [-0.2, -0.15) is 29.0 Å². The van der Waals surface area contributed by atoms with Crippen LogP contribution in [0.4, 0.5) is 18.9 Å². The summed E-state index contributed by atoms with van der Waals surface area (Å²) in [5.74, 6) is -0.683. The summed E-state index contributed by atoms with van der Waals surface area (Å²) in [6, 6.07) is 24.2. The van der Waals surface area contributed by atoms with Gasteiger partial charge in [-0.3, -0.25) is 0 Å². The summed E-state index contributed by atoms with van der Waals surface area (Å²) in [4.78, 5) is 3.85. The number of hydrogen-bond donors (Lipinski definition) is 0. The van der Waals surface area contributed by atoms with Crippen LogP contribution in [0, 0.1) is 34.0 Å². The highest BCUT2D eigenvalue weighted by atomic mass is 32.1. The summed E-state index contributed by atoms with van der Waals surface area (Å²) in [5.41, 5.74) is -2.86. The van der Waals surface area contributed by atoms with Gasteiger partial charge in [0.2, 0.25) is 0 Å². The van der Waals surface area contributed by atoms with Crippen LogP contribution < -0.4 is 4.90 Å². The Bertz CT molecular complexity index is 2130. The Hall–Kier alpha value is -4.86. The number of anilines is 1. The average Bonchev–Trinajstić information content (AvgIpc) is 3.76. The predicted octanol–water partition coefficient (Wildman–Crippen LogP) is 9.53. The quantitative estimate of drug-likeness (QED) is 0.179. The van der Waals surface area contributed by atoms with Crippen molar-refractivity contribution in [2.45, 2.75) is 11.8 Å². The van der Waals surface area contributed by atoms with Crippen LogP contribution in [0.5, 0.6) is 0 Å². The van der Waals surface area contributed by atoms with Crippen LogP contribution in [0.15, 0.2) is 95.3 Å². The van der Waals surface area contributed by atoms with Crippen LogP contribution >= 0.6 is 34.0 Å². The van der Waals surface area contributed by atoms with Crippen LogP contribution in [0.1, 0.15) is 10.4 Å². The summed E-state index contributed by atoms with van der Waals surface area (Å²) >= 11 is 4.72. The van der Waals surface area contributed by atoms with E-state index in [1.54, 1.807) is 46.9 Å². The lowest BCUT2D eigenvalue weighted by Crippen LogP contribution is -2.43. The Kier molecular flexibility index (Phi) is 7.31. The number of hydrogen-bond acceptors (Lipinski definition) is 8. The molecule has 3 aromatic heterocycles. The summed E-state index contributed by atoms with van der Waals surface area (Å²) < 4.78 is 54.9. The van der Waals surface area contributed by atoms with Gasteiger partial charge in [-0.05, 0) is 35.9 Å². The molecular formula is C33H19F3N4OS3. The first-order valence-corrected chi connectivity index (χ1v) is 15.5. The second-order valence-electron chi connectivity index (χ2n) is 10.00. The van der Waals surface area contributed by atoms with Gasteiger partial charge in [0.25, 0.3) is 5.60 Å². The zero-order valence-electron chi connectivity index (χ0n) is 23.1. The Labute approximate surface area is 262 Å². The number of nitrogens with zero attached hydrogens (tertiary/aromatic N) is 4. The van der Waals surface area contributed by atoms with Crippen molar-refractivity contribution >= 4 is 64.6 Å². The maximum Gasteiger partial charge on any atom is 0.437 e. The molecule has 216 valence electrons. The molecule has 6 rings (SSSR count). The van der Waals surface area contributed by atoms with E-state index < -0.39 is 34.3 Å².